The molecule has 0 aliphatic carbocycles. The van der Waals surface area contributed by atoms with Crippen LogP contribution in [0.15, 0.2) is 18.2 Å². The molecule has 6 nitrogen and oxygen atoms in total. The minimum Gasteiger partial charge on any atom is -0.366 e. The van der Waals surface area contributed by atoms with Gasteiger partial charge in [0.25, 0.3) is 5.91 Å². The SMILES string of the molecule is CC(CNC(=O)CC(C)(C)COC(C)(C)O)NC(=O)c1cc(Cl)ccc1F. The largest absolute Gasteiger partial charge is 0.366 e. The number of hydrogen-bond acceptors (Lipinski definition) is 4. The van der Waals surface area contributed by atoms with Crippen molar-refractivity contribution in [2.24, 2.45) is 5.41 Å². The number of nitrogens with one attached hydrogen (secondary N) is 2. The van der Waals surface area contributed by atoms with Crippen LogP contribution in [0, 0.1) is 11.2 Å². The zero-order chi connectivity index (χ0) is 20.8. The van der Waals surface area contributed by atoms with Gasteiger partial charge in [-0.2, -0.15) is 0 Å². The molecule has 0 heterocycles. The maximum Gasteiger partial charge on any atom is 0.254 e. The van der Waals surface area contributed by atoms with E-state index >= 15 is 0 Å². The molecule has 152 valence electrons. The molecule has 0 saturated heterocycles. The van der Waals surface area contributed by atoms with Crippen LogP contribution in [-0.2, 0) is 9.53 Å². The van der Waals surface area contributed by atoms with Crippen LogP contribution >= 0.6 is 11.6 Å². The third kappa shape index (κ3) is 9.17. The van der Waals surface area contributed by atoms with Crippen molar-refractivity contribution in [3.63, 3.8) is 0 Å². The zero-order valence-corrected chi connectivity index (χ0v) is 17.1. The van der Waals surface area contributed by atoms with E-state index in [1.165, 1.54) is 26.0 Å². The van der Waals surface area contributed by atoms with Gasteiger partial charge in [0.15, 0.2) is 5.79 Å². The fourth-order valence-corrected chi connectivity index (χ4v) is 2.38. The number of aliphatic hydroxyl groups is 1. The minimum absolute atomic E-state index is 0.148. The number of hydrogen-bond donors (Lipinski definition) is 3. The number of amides is 2. The average molecular weight is 403 g/mol. The summed E-state index contributed by atoms with van der Waals surface area (Å²) in [6.45, 7) is 8.85. The second-order valence-electron chi connectivity index (χ2n) is 7.88. The third-order valence-electron chi connectivity index (χ3n) is 3.61. The second-order valence-corrected chi connectivity index (χ2v) is 8.32. The summed E-state index contributed by atoms with van der Waals surface area (Å²) in [6, 6.07) is 3.33. The van der Waals surface area contributed by atoms with E-state index in [1.54, 1.807) is 6.92 Å². The van der Waals surface area contributed by atoms with Crippen LogP contribution in [0.2, 0.25) is 5.02 Å². The Morgan fingerprint density at radius 1 is 1.30 bits per heavy atom. The Hall–Kier alpha value is -1.70. The molecule has 0 aliphatic rings. The monoisotopic (exact) mass is 402 g/mol. The summed E-state index contributed by atoms with van der Waals surface area (Å²) in [7, 11) is 0. The van der Waals surface area contributed by atoms with Gasteiger partial charge in [-0.25, -0.2) is 4.39 Å². The molecule has 1 aromatic carbocycles. The average Bonchev–Trinajstić information content (AvgIpc) is 2.52. The molecular weight excluding hydrogens is 375 g/mol. The van der Waals surface area contributed by atoms with E-state index in [2.05, 4.69) is 10.6 Å². The minimum atomic E-state index is -1.26. The lowest BCUT2D eigenvalue weighted by molar-refractivity contribution is -0.192. The van der Waals surface area contributed by atoms with Crippen molar-refractivity contribution < 1.29 is 23.8 Å². The highest BCUT2D eigenvalue weighted by Crippen LogP contribution is 2.22. The van der Waals surface area contributed by atoms with Crippen LogP contribution in [0.1, 0.15) is 51.4 Å². The molecule has 2 amide bonds. The first-order valence-corrected chi connectivity index (χ1v) is 9.06. The van der Waals surface area contributed by atoms with Crippen LogP contribution in [0.3, 0.4) is 0 Å². The van der Waals surface area contributed by atoms with Gasteiger partial charge in [-0.05, 0) is 44.4 Å². The molecule has 0 aromatic heterocycles. The van der Waals surface area contributed by atoms with Crippen molar-refractivity contribution in [3.05, 3.63) is 34.6 Å². The van der Waals surface area contributed by atoms with Crippen molar-refractivity contribution >= 4 is 23.4 Å². The van der Waals surface area contributed by atoms with Gasteiger partial charge in [0.2, 0.25) is 5.91 Å². The number of halogens is 2. The molecule has 0 spiro atoms. The third-order valence-corrected chi connectivity index (χ3v) is 3.85. The van der Waals surface area contributed by atoms with Crippen molar-refractivity contribution in [2.45, 2.75) is 52.9 Å². The summed E-state index contributed by atoms with van der Waals surface area (Å²) in [6.07, 6.45) is 0.187. The van der Waals surface area contributed by atoms with E-state index in [1.807, 2.05) is 13.8 Å². The normalized spacial score (nSPS) is 13.2. The lowest BCUT2D eigenvalue weighted by Crippen LogP contribution is -2.43. The van der Waals surface area contributed by atoms with E-state index in [4.69, 9.17) is 16.3 Å². The van der Waals surface area contributed by atoms with Gasteiger partial charge in [0.1, 0.15) is 5.82 Å². The predicted molar refractivity (Wildman–Crippen MR) is 102 cm³/mol. The Balaban J connectivity index is 2.47. The molecule has 27 heavy (non-hydrogen) atoms. The van der Waals surface area contributed by atoms with E-state index in [0.29, 0.717) is 0 Å². The summed E-state index contributed by atoms with van der Waals surface area (Å²) in [4.78, 5) is 24.2. The van der Waals surface area contributed by atoms with Crippen LogP contribution in [-0.4, -0.2) is 41.9 Å². The standard InChI is InChI=1S/C19H28ClFN2O4/c1-12(23-17(25)14-8-13(20)6-7-15(14)21)10-22-16(24)9-18(2,3)11-27-19(4,5)26/h6-8,12,26H,9-11H2,1-5H3,(H,22,24)(H,23,25). The quantitative estimate of drug-likeness (QED) is 0.554. The lowest BCUT2D eigenvalue weighted by Gasteiger charge is -2.28. The van der Waals surface area contributed by atoms with E-state index in [-0.39, 0.29) is 36.1 Å². The van der Waals surface area contributed by atoms with Gasteiger partial charge in [-0.15, -0.1) is 0 Å². The highest BCUT2D eigenvalue weighted by Gasteiger charge is 2.26. The van der Waals surface area contributed by atoms with Crippen LogP contribution in [0.4, 0.5) is 4.39 Å². The number of rotatable bonds is 9. The van der Waals surface area contributed by atoms with Gasteiger partial charge < -0.3 is 20.5 Å². The topological polar surface area (TPSA) is 87.7 Å². The Morgan fingerprint density at radius 2 is 1.93 bits per heavy atom. The lowest BCUT2D eigenvalue weighted by atomic mass is 9.90. The van der Waals surface area contributed by atoms with Crippen molar-refractivity contribution in [3.8, 4) is 0 Å². The molecule has 1 aromatic rings. The molecule has 8 heteroatoms. The van der Waals surface area contributed by atoms with Crippen LogP contribution in [0.5, 0.6) is 0 Å². The van der Waals surface area contributed by atoms with E-state index in [9.17, 15) is 19.1 Å². The van der Waals surface area contributed by atoms with E-state index < -0.39 is 29.0 Å². The summed E-state index contributed by atoms with van der Waals surface area (Å²) in [5.74, 6) is -2.74. The van der Waals surface area contributed by atoms with Gasteiger partial charge in [0.05, 0.1) is 12.2 Å². The smallest absolute Gasteiger partial charge is 0.254 e. The molecule has 0 bridgehead atoms. The first kappa shape index (κ1) is 23.3. The number of ether oxygens (including phenoxy) is 1. The second kappa shape index (κ2) is 9.48. The van der Waals surface area contributed by atoms with Gasteiger partial charge in [-0.3, -0.25) is 9.59 Å². The molecule has 1 atom stereocenters. The maximum absolute atomic E-state index is 13.7. The fourth-order valence-electron chi connectivity index (χ4n) is 2.21. The molecular formula is C19H28ClFN2O4. The molecule has 1 rings (SSSR count). The Morgan fingerprint density at radius 3 is 2.52 bits per heavy atom. The van der Waals surface area contributed by atoms with Crippen molar-refractivity contribution in [1.82, 2.24) is 10.6 Å². The molecule has 3 N–H and O–H groups in total. The first-order valence-electron chi connectivity index (χ1n) is 8.68. The van der Waals surface area contributed by atoms with Crippen molar-refractivity contribution in [2.75, 3.05) is 13.2 Å². The number of carbonyl (C=O) groups excluding carboxylic acids is 2. The maximum atomic E-state index is 13.7. The first-order chi connectivity index (χ1) is 12.3. The summed E-state index contributed by atoms with van der Waals surface area (Å²) in [5.41, 5.74) is -0.619. The molecule has 0 fully saturated rings. The summed E-state index contributed by atoms with van der Waals surface area (Å²) >= 11 is 5.79. The molecule has 1 unspecified atom stereocenters. The highest BCUT2D eigenvalue weighted by atomic mass is 35.5. The Bertz CT molecular complexity index is 674. The van der Waals surface area contributed by atoms with Crippen LogP contribution in [0.25, 0.3) is 0 Å². The molecule has 0 aliphatic heterocycles. The molecule has 0 radical (unpaired) electrons. The summed E-state index contributed by atoms with van der Waals surface area (Å²) < 4.78 is 19.0. The Labute approximate surface area is 164 Å². The van der Waals surface area contributed by atoms with Gasteiger partial charge in [0, 0.05) is 24.0 Å². The number of benzene rings is 1. The van der Waals surface area contributed by atoms with Gasteiger partial charge >= 0.3 is 0 Å². The number of carbonyl (C=O) groups is 2. The van der Waals surface area contributed by atoms with Crippen LogP contribution < -0.4 is 10.6 Å². The van der Waals surface area contributed by atoms with Gasteiger partial charge in [-0.1, -0.05) is 25.4 Å². The van der Waals surface area contributed by atoms with E-state index in [0.717, 1.165) is 6.07 Å². The molecule has 0 saturated carbocycles. The summed E-state index contributed by atoms with van der Waals surface area (Å²) in [5, 5.41) is 15.2. The zero-order valence-electron chi connectivity index (χ0n) is 16.4. The highest BCUT2D eigenvalue weighted by molar-refractivity contribution is 6.31. The fraction of sp³-hybridized carbons (Fsp3) is 0.579. The predicted octanol–water partition coefficient (Wildman–Crippen LogP) is 2.87. The van der Waals surface area contributed by atoms with Crippen molar-refractivity contribution in [1.29, 1.82) is 0 Å². The Kier molecular flexibility index (Phi) is 8.20.